The Labute approximate surface area is 145 Å². The zero-order valence-electron chi connectivity index (χ0n) is 13.2. The molecule has 0 radical (unpaired) electrons. The van der Waals surface area contributed by atoms with Crippen molar-refractivity contribution in [2.24, 2.45) is 0 Å². The minimum atomic E-state index is -0.551. The van der Waals surface area contributed by atoms with E-state index in [-0.39, 0.29) is 5.91 Å². The van der Waals surface area contributed by atoms with Crippen molar-refractivity contribution in [3.8, 4) is 5.75 Å². The SMILES string of the molecule is Cc1cc(Cl)ccc1O[C@@H](C)C(=O)NCCSCc1ccco1. The molecule has 1 atom stereocenters. The van der Waals surface area contributed by atoms with Crippen LogP contribution in [0.25, 0.3) is 0 Å². The van der Waals surface area contributed by atoms with Gasteiger partial charge in [0.1, 0.15) is 11.5 Å². The molecule has 0 bridgehead atoms. The van der Waals surface area contributed by atoms with Gasteiger partial charge < -0.3 is 14.5 Å². The Kier molecular flexibility index (Phi) is 6.86. The first-order chi connectivity index (χ1) is 11.1. The third-order valence-corrected chi connectivity index (χ3v) is 4.40. The Hall–Kier alpha value is -1.59. The summed E-state index contributed by atoms with van der Waals surface area (Å²) in [5.41, 5.74) is 0.908. The highest BCUT2D eigenvalue weighted by atomic mass is 35.5. The lowest BCUT2D eigenvalue weighted by Crippen LogP contribution is -2.37. The van der Waals surface area contributed by atoms with E-state index >= 15 is 0 Å². The van der Waals surface area contributed by atoms with E-state index in [1.165, 1.54) is 0 Å². The second kappa shape index (κ2) is 8.89. The first kappa shape index (κ1) is 17.8. The molecular formula is C17H20ClNO3S. The lowest BCUT2D eigenvalue weighted by atomic mass is 10.2. The topological polar surface area (TPSA) is 51.5 Å². The predicted molar refractivity (Wildman–Crippen MR) is 94.2 cm³/mol. The number of furan rings is 1. The fraction of sp³-hybridized carbons (Fsp3) is 0.353. The maximum atomic E-state index is 12.0. The van der Waals surface area contributed by atoms with E-state index in [0.29, 0.717) is 17.3 Å². The van der Waals surface area contributed by atoms with Gasteiger partial charge >= 0.3 is 0 Å². The van der Waals surface area contributed by atoms with Crippen LogP contribution in [0.2, 0.25) is 5.02 Å². The molecule has 0 fully saturated rings. The number of hydrogen-bond donors (Lipinski definition) is 1. The number of thioether (sulfide) groups is 1. The van der Waals surface area contributed by atoms with Crippen molar-refractivity contribution in [1.82, 2.24) is 5.32 Å². The van der Waals surface area contributed by atoms with Crippen molar-refractivity contribution in [3.05, 3.63) is 52.9 Å². The Bertz CT molecular complexity index is 631. The van der Waals surface area contributed by atoms with Crippen molar-refractivity contribution in [1.29, 1.82) is 0 Å². The zero-order chi connectivity index (χ0) is 16.7. The molecule has 6 heteroatoms. The van der Waals surface area contributed by atoms with Crippen LogP contribution in [-0.4, -0.2) is 24.3 Å². The van der Waals surface area contributed by atoms with Gasteiger partial charge in [0.2, 0.25) is 0 Å². The molecule has 2 rings (SSSR count). The summed E-state index contributed by atoms with van der Waals surface area (Å²) in [4.78, 5) is 12.0. The lowest BCUT2D eigenvalue weighted by Gasteiger charge is -2.16. The molecule has 0 saturated carbocycles. The van der Waals surface area contributed by atoms with Crippen LogP contribution >= 0.6 is 23.4 Å². The summed E-state index contributed by atoms with van der Waals surface area (Å²) in [6.45, 7) is 4.23. The number of carbonyl (C=O) groups is 1. The second-order valence-electron chi connectivity index (χ2n) is 5.09. The summed E-state index contributed by atoms with van der Waals surface area (Å²) in [6, 6.07) is 9.15. The molecule has 0 aliphatic heterocycles. The Balaban J connectivity index is 1.68. The summed E-state index contributed by atoms with van der Waals surface area (Å²) in [6.07, 6.45) is 1.11. The standard InChI is InChI=1S/C17H20ClNO3S/c1-12-10-14(18)5-6-16(12)22-13(2)17(20)19-7-9-23-11-15-4-3-8-21-15/h3-6,8,10,13H,7,9,11H2,1-2H3,(H,19,20)/t13-/m0/s1. The van der Waals surface area contributed by atoms with Crippen molar-refractivity contribution >= 4 is 29.3 Å². The molecule has 1 N–H and O–H groups in total. The van der Waals surface area contributed by atoms with Crippen LogP contribution in [0, 0.1) is 6.92 Å². The molecular weight excluding hydrogens is 334 g/mol. The smallest absolute Gasteiger partial charge is 0.260 e. The average Bonchev–Trinajstić information content (AvgIpc) is 3.02. The molecule has 1 aromatic heterocycles. The van der Waals surface area contributed by atoms with Gasteiger partial charge in [-0.15, -0.1) is 0 Å². The highest BCUT2D eigenvalue weighted by molar-refractivity contribution is 7.98. The highest BCUT2D eigenvalue weighted by Gasteiger charge is 2.15. The number of rotatable bonds is 8. The van der Waals surface area contributed by atoms with Crippen LogP contribution in [0.4, 0.5) is 0 Å². The molecule has 4 nitrogen and oxygen atoms in total. The fourth-order valence-corrected chi connectivity index (χ4v) is 2.93. The van der Waals surface area contributed by atoms with Gasteiger partial charge in [0.25, 0.3) is 5.91 Å². The minimum Gasteiger partial charge on any atom is -0.481 e. The van der Waals surface area contributed by atoms with Gasteiger partial charge in [0, 0.05) is 17.3 Å². The van der Waals surface area contributed by atoms with E-state index < -0.39 is 6.10 Å². The van der Waals surface area contributed by atoms with E-state index in [1.54, 1.807) is 37.1 Å². The Morgan fingerprint density at radius 1 is 1.43 bits per heavy atom. The normalized spacial score (nSPS) is 12.0. The maximum absolute atomic E-state index is 12.0. The second-order valence-corrected chi connectivity index (χ2v) is 6.63. The molecule has 0 aliphatic rings. The lowest BCUT2D eigenvalue weighted by molar-refractivity contribution is -0.127. The van der Waals surface area contributed by atoms with Gasteiger partial charge in [-0.25, -0.2) is 0 Å². The number of nitrogens with one attached hydrogen (secondary N) is 1. The van der Waals surface area contributed by atoms with Crippen molar-refractivity contribution < 1.29 is 13.9 Å². The summed E-state index contributed by atoms with van der Waals surface area (Å²) in [7, 11) is 0. The van der Waals surface area contributed by atoms with Crippen LogP contribution < -0.4 is 10.1 Å². The largest absolute Gasteiger partial charge is 0.481 e. The average molecular weight is 354 g/mol. The van der Waals surface area contributed by atoms with Crippen LogP contribution in [0.15, 0.2) is 41.0 Å². The van der Waals surface area contributed by atoms with Crippen LogP contribution in [-0.2, 0) is 10.5 Å². The molecule has 23 heavy (non-hydrogen) atoms. The summed E-state index contributed by atoms with van der Waals surface area (Å²) in [5.74, 6) is 3.11. The van der Waals surface area contributed by atoms with Gasteiger partial charge in [-0.3, -0.25) is 4.79 Å². The van der Waals surface area contributed by atoms with Gasteiger partial charge in [0.05, 0.1) is 12.0 Å². The van der Waals surface area contributed by atoms with E-state index in [1.807, 2.05) is 25.1 Å². The molecule has 124 valence electrons. The predicted octanol–water partition coefficient (Wildman–Crippen LogP) is 4.06. The van der Waals surface area contributed by atoms with Gasteiger partial charge in [-0.2, -0.15) is 11.8 Å². The number of ether oxygens (including phenoxy) is 1. The summed E-state index contributed by atoms with van der Waals surface area (Å²) >= 11 is 7.62. The molecule has 0 saturated heterocycles. The third kappa shape index (κ3) is 5.84. The van der Waals surface area contributed by atoms with Gasteiger partial charge in [0.15, 0.2) is 6.10 Å². The molecule has 0 unspecified atom stereocenters. The van der Waals surface area contributed by atoms with E-state index in [0.717, 1.165) is 22.8 Å². The van der Waals surface area contributed by atoms with Gasteiger partial charge in [-0.1, -0.05) is 11.6 Å². The molecule has 1 aromatic carbocycles. The monoisotopic (exact) mass is 353 g/mol. The number of halogens is 1. The highest BCUT2D eigenvalue weighted by Crippen LogP contribution is 2.22. The third-order valence-electron chi connectivity index (χ3n) is 3.18. The Morgan fingerprint density at radius 3 is 2.96 bits per heavy atom. The Morgan fingerprint density at radius 2 is 2.26 bits per heavy atom. The number of amides is 1. The first-order valence-corrected chi connectivity index (χ1v) is 8.90. The number of hydrogen-bond acceptors (Lipinski definition) is 4. The van der Waals surface area contributed by atoms with Crippen LogP contribution in [0.3, 0.4) is 0 Å². The number of benzene rings is 1. The van der Waals surface area contributed by atoms with Crippen molar-refractivity contribution in [3.63, 3.8) is 0 Å². The molecule has 0 spiro atoms. The van der Waals surface area contributed by atoms with Crippen molar-refractivity contribution in [2.45, 2.75) is 25.7 Å². The summed E-state index contributed by atoms with van der Waals surface area (Å²) < 4.78 is 10.9. The van der Waals surface area contributed by atoms with Gasteiger partial charge in [-0.05, 0) is 49.7 Å². The summed E-state index contributed by atoms with van der Waals surface area (Å²) in [5, 5.41) is 3.53. The molecule has 0 aliphatic carbocycles. The van der Waals surface area contributed by atoms with E-state index in [9.17, 15) is 4.79 Å². The van der Waals surface area contributed by atoms with E-state index in [2.05, 4.69) is 5.32 Å². The minimum absolute atomic E-state index is 0.127. The molecule has 1 heterocycles. The fourth-order valence-electron chi connectivity index (χ4n) is 1.95. The quantitative estimate of drug-likeness (QED) is 0.727. The van der Waals surface area contributed by atoms with Crippen LogP contribution in [0.1, 0.15) is 18.2 Å². The van der Waals surface area contributed by atoms with Crippen molar-refractivity contribution in [2.75, 3.05) is 12.3 Å². The first-order valence-electron chi connectivity index (χ1n) is 7.37. The molecule has 2 aromatic rings. The van der Waals surface area contributed by atoms with Crippen LogP contribution in [0.5, 0.6) is 5.75 Å². The zero-order valence-corrected chi connectivity index (χ0v) is 14.7. The maximum Gasteiger partial charge on any atom is 0.260 e. The number of aryl methyl sites for hydroxylation is 1. The van der Waals surface area contributed by atoms with E-state index in [4.69, 9.17) is 20.8 Å². The molecule has 1 amide bonds. The number of carbonyl (C=O) groups excluding carboxylic acids is 1.